The van der Waals surface area contributed by atoms with E-state index >= 15 is 0 Å². The molecule has 5 rings (SSSR count). The lowest BCUT2D eigenvalue weighted by Gasteiger charge is -2.38. The number of Topliss-reactive ketones (excluding diaryl/α,β-unsaturated/α-hetero) is 1. The Morgan fingerprint density at radius 3 is 2.96 bits per heavy atom. The number of hydrogen-bond acceptors (Lipinski definition) is 3. The van der Waals surface area contributed by atoms with Crippen molar-refractivity contribution in [3.05, 3.63) is 29.8 Å². The van der Waals surface area contributed by atoms with Crippen molar-refractivity contribution in [1.29, 1.82) is 0 Å². The quantitative estimate of drug-likeness (QED) is 0.789. The summed E-state index contributed by atoms with van der Waals surface area (Å²) in [6.07, 6.45) is 4.69. The van der Waals surface area contributed by atoms with Crippen LogP contribution in [0, 0.1) is 23.7 Å². The standard InChI is InChI=1S/C21H25NO3/c1-13-5-4-10-22(12-13)20(24)18-15-8-9-21(19(15)18)11-16(23)14-6-2-3-7-17(14)25-21/h2-3,6-7,13,15,18-19H,4-5,8-12H2,1H3/t13-,15+,18-,19-,21+/m1/s1. The smallest absolute Gasteiger partial charge is 0.226 e. The number of ether oxygens (including phenoxy) is 1. The zero-order valence-electron chi connectivity index (χ0n) is 14.7. The van der Waals surface area contributed by atoms with Gasteiger partial charge in [0.1, 0.15) is 11.4 Å². The molecule has 4 heteroatoms. The zero-order valence-corrected chi connectivity index (χ0v) is 14.7. The predicted molar refractivity (Wildman–Crippen MR) is 93.4 cm³/mol. The molecule has 2 aliphatic heterocycles. The van der Waals surface area contributed by atoms with E-state index in [4.69, 9.17) is 4.74 Å². The maximum atomic E-state index is 13.1. The summed E-state index contributed by atoms with van der Waals surface area (Å²) in [6.45, 7) is 4.02. The first kappa shape index (κ1) is 15.4. The van der Waals surface area contributed by atoms with Crippen LogP contribution in [0.5, 0.6) is 5.75 Å². The number of carbonyl (C=O) groups is 2. The normalized spacial score (nSPS) is 38.9. The Labute approximate surface area is 148 Å². The molecule has 4 aliphatic rings. The molecule has 1 spiro atoms. The molecule has 2 saturated carbocycles. The molecule has 132 valence electrons. The molecule has 0 aromatic heterocycles. The number of amides is 1. The summed E-state index contributed by atoms with van der Waals surface area (Å²) in [5.41, 5.74) is 0.266. The molecule has 5 atom stereocenters. The highest BCUT2D eigenvalue weighted by molar-refractivity contribution is 6.00. The lowest BCUT2D eigenvalue weighted by Crippen LogP contribution is -2.46. The van der Waals surface area contributed by atoms with Crippen molar-refractivity contribution in [2.24, 2.45) is 23.7 Å². The molecule has 1 saturated heterocycles. The van der Waals surface area contributed by atoms with Crippen LogP contribution in [-0.2, 0) is 4.79 Å². The van der Waals surface area contributed by atoms with E-state index in [0.717, 1.165) is 32.4 Å². The highest BCUT2D eigenvalue weighted by atomic mass is 16.5. The lowest BCUT2D eigenvalue weighted by molar-refractivity contribution is -0.136. The molecule has 4 nitrogen and oxygen atoms in total. The summed E-state index contributed by atoms with van der Waals surface area (Å²) >= 11 is 0. The van der Waals surface area contributed by atoms with Crippen molar-refractivity contribution < 1.29 is 14.3 Å². The van der Waals surface area contributed by atoms with E-state index in [2.05, 4.69) is 11.8 Å². The van der Waals surface area contributed by atoms with E-state index in [1.54, 1.807) is 0 Å². The lowest BCUT2D eigenvalue weighted by atomic mass is 9.84. The molecule has 25 heavy (non-hydrogen) atoms. The van der Waals surface area contributed by atoms with Gasteiger partial charge in [0, 0.05) is 24.9 Å². The van der Waals surface area contributed by atoms with E-state index in [0.29, 0.717) is 35.5 Å². The van der Waals surface area contributed by atoms with E-state index in [1.165, 1.54) is 6.42 Å². The fourth-order valence-corrected chi connectivity index (χ4v) is 5.70. The number of para-hydroxylation sites is 1. The second kappa shape index (κ2) is 5.33. The average Bonchev–Trinajstić information content (AvgIpc) is 3.25. The van der Waals surface area contributed by atoms with Crippen molar-refractivity contribution in [1.82, 2.24) is 4.90 Å². The number of rotatable bonds is 1. The maximum absolute atomic E-state index is 13.1. The van der Waals surface area contributed by atoms with Gasteiger partial charge in [-0.05, 0) is 49.7 Å². The number of ketones is 1. The highest BCUT2D eigenvalue weighted by Crippen LogP contribution is 2.66. The molecule has 0 N–H and O–H groups in total. The molecule has 1 aromatic carbocycles. The summed E-state index contributed by atoms with van der Waals surface area (Å²) < 4.78 is 6.40. The van der Waals surface area contributed by atoms with Gasteiger partial charge in [0.05, 0.1) is 12.0 Å². The Morgan fingerprint density at radius 1 is 1.28 bits per heavy atom. The van der Waals surface area contributed by atoms with Gasteiger partial charge in [-0.15, -0.1) is 0 Å². The number of hydrogen-bond donors (Lipinski definition) is 0. The fraction of sp³-hybridized carbons (Fsp3) is 0.619. The van der Waals surface area contributed by atoms with Gasteiger partial charge >= 0.3 is 0 Å². The Kier molecular flexibility index (Phi) is 3.28. The summed E-state index contributed by atoms with van der Waals surface area (Å²) in [5.74, 6) is 2.53. The van der Waals surface area contributed by atoms with Crippen LogP contribution in [-0.4, -0.2) is 35.3 Å². The Hall–Kier alpha value is -1.84. The first-order valence-corrected chi connectivity index (χ1v) is 9.69. The van der Waals surface area contributed by atoms with Gasteiger partial charge in [-0.3, -0.25) is 9.59 Å². The number of fused-ring (bicyclic) bond motifs is 3. The Balaban J connectivity index is 1.38. The summed E-state index contributed by atoms with van der Waals surface area (Å²) in [4.78, 5) is 27.8. The molecule has 1 amide bonds. The number of likely N-dealkylation sites (tertiary alicyclic amines) is 1. The van der Waals surface area contributed by atoms with Gasteiger partial charge in [0.25, 0.3) is 0 Å². The van der Waals surface area contributed by atoms with Crippen molar-refractivity contribution in [2.45, 2.75) is 44.6 Å². The minimum atomic E-state index is -0.433. The van der Waals surface area contributed by atoms with Crippen LogP contribution in [0.25, 0.3) is 0 Å². The highest BCUT2D eigenvalue weighted by Gasteiger charge is 2.71. The minimum absolute atomic E-state index is 0.0807. The van der Waals surface area contributed by atoms with Crippen LogP contribution < -0.4 is 4.74 Å². The summed E-state index contributed by atoms with van der Waals surface area (Å²) in [7, 11) is 0. The number of carbonyl (C=O) groups excluding carboxylic acids is 2. The van der Waals surface area contributed by atoms with E-state index in [9.17, 15) is 9.59 Å². The molecule has 3 fully saturated rings. The van der Waals surface area contributed by atoms with Crippen LogP contribution in [0.4, 0.5) is 0 Å². The van der Waals surface area contributed by atoms with Gasteiger partial charge in [-0.1, -0.05) is 19.1 Å². The SMILES string of the molecule is C[C@@H]1CCCN(C(=O)[C@@H]2[C@@H]3CC[C@]4(CC(=O)c5ccccc5O4)[C@H]32)C1. The third-order valence-corrected chi connectivity index (χ3v) is 6.89. The maximum Gasteiger partial charge on any atom is 0.226 e. The van der Waals surface area contributed by atoms with Gasteiger partial charge in [-0.25, -0.2) is 0 Å². The molecular formula is C21H25NO3. The van der Waals surface area contributed by atoms with Crippen LogP contribution in [0.1, 0.15) is 49.4 Å². The second-order valence-electron chi connectivity index (χ2n) is 8.55. The molecule has 1 aromatic rings. The van der Waals surface area contributed by atoms with Crippen LogP contribution in [0.3, 0.4) is 0 Å². The third-order valence-electron chi connectivity index (χ3n) is 6.89. The molecule has 0 radical (unpaired) electrons. The molecule has 0 bridgehead atoms. The summed E-state index contributed by atoms with van der Waals surface area (Å²) in [5, 5.41) is 0. The van der Waals surface area contributed by atoms with Gasteiger partial charge in [0.15, 0.2) is 5.78 Å². The predicted octanol–water partition coefficient (Wildman–Crippen LogP) is 3.31. The van der Waals surface area contributed by atoms with Crippen molar-refractivity contribution in [2.75, 3.05) is 13.1 Å². The fourth-order valence-electron chi connectivity index (χ4n) is 5.70. The molecule has 2 aliphatic carbocycles. The van der Waals surface area contributed by atoms with E-state index in [-0.39, 0.29) is 17.6 Å². The Bertz CT molecular complexity index is 744. The summed E-state index contributed by atoms with van der Waals surface area (Å²) in [6, 6.07) is 7.55. The zero-order chi connectivity index (χ0) is 17.2. The number of nitrogens with zero attached hydrogens (tertiary/aromatic N) is 1. The topological polar surface area (TPSA) is 46.6 Å². The number of benzene rings is 1. The van der Waals surface area contributed by atoms with Crippen LogP contribution >= 0.6 is 0 Å². The molecule has 2 heterocycles. The van der Waals surface area contributed by atoms with Crippen LogP contribution in [0.15, 0.2) is 24.3 Å². The van der Waals surface area contributed by atoms with Crippen molar-refractivity contribution in [3.8, 4) is 5.75 Å². The third kappa shape index (κ3) is 2.26. The molecule has 0 unspecified atom stereocenters. The van der Waals surface area contributed by atoms with E-state index in [1.807, 2.05) is 24.3 Å². The first-order chi connectivity index (χ1) is 12.1. The van der Waals surface area contributed by atoms with Crippen LogP contribution in [0.2, 0.25) is 0 Å². The second-order valence-corrected chi connectivity index (χ2v) is 8.55. The van der Waals surface area contributed by atoms with Gasteiger partial charge in [0.2, 0.25) is 5.91 Å². The van der Waals surface area contributed by atoms with Crippen molar-refractivity contribution >= 4 is 11.7 Å². The van der Waals surface area contributed by atoms with Crippen molar-refractivity contribution in [3.63, 3.8) is 0 Å². The molecular weight excluding hydrogens is 314 g/mol. The first-order valence-electron chi connectivity index (χ1n) is 9.69. The minimum Gasteiger partial charge on any atom is -0.486 e. The largest absolute Gasteiger partial charge is 0.486 e. The monoisotopic (exact) mass is 339 g/mol. The van der Waals surface area contributed by atoms with E-state index < -0.39 is 5.60 Å². The number of piperidine rings is 1. The Morgan fingerprint density at radius 2 is 2.12 bits per heavy atom. The van der Waals surface area contributed by atoms with Gasteiger partial charge < -0.3 is 9.64 Å². The average molecular weight is 339 g/mol. The van der Waals surface area contributed by atoms with Gasteiger partial charge in [-0.2, -0.15) is 0 Å².